The average Bonchev–Trinajstić information content (AvgIpc) is 2.92. The number of nitrogens with two attached hydrogens (primary N) is 1. The number of methoxy groups -OCH3 is 1. The fourth-order valence-corrected chi connectivity index (χ4v) is 4.26. The fourth-order valence-electron chi connectivity index (χ4n) is 2.74. The Hall–Kier alpha value is -0.890. The van der Waals surface area contributed by atoms with Crippen LogP contribution in [0.1, 0.15) is 38.4 Å². The molecule has 0 aliphatic carbocycles. The molecule has 6 nitrogen and oxygen atoms in total. The van der Waals surface area contributed by atoms with Gasteiger partial charge in [-0.2, -0.15) is 4.31 Å². The van der Waals surface area contributed by atoms with E-state index in [-0.39, 0.29) is 12.1 Å². The van der Waals surface area contributed by atoms with Gasteiger partial charge < -0.3 is 15.0 Å². The number of rotatable bonds is 5. The van der Waals surface area contributed by atoms with E-state index in [4.69, 9.17) is 10.5 Å². The summed E-state index contributed by atoms with van der Waals surface area (Å²) in [7, 11) is -1.77. The van der Waals surface area contributed by atoms with Gasteiger partial charge in [-0.3, -0.25) is 0 Å². The molecule has 0 unspecified atom stereocenters. The van der Waals surface area contributed by atoms with Crippen LogP contribution in [-0.4, -0.2) is 43.6 Å². The number of nitrogens with zero attached hydrogens (tertiary/aromatic N) is 2. The van der Waals surface area contributed by atoms with Gasteiger partial charge in [-0.1, -0.05) is 0 Å². The molecule has 1 aliphatic heterocycles. The third kappa shape index (κ3) is 3.31. The Balaban J connectivity index is 2.24. The maximum absolute atomic E-state index is 12.7. The van der Waals surface area contributed by atoms with Crippen molar-refractivity contribution in [3.63, 3.8) is 0 Å². The van der Waals surface area contributed by atoms with E-state index in [1.54, 1.807) is 23.7 Å². The predicted octanol–water partition coefficient (Wildman–Crippen LogP) is 1.33. The van der Waals surface area contributed by atoms with Gasteiger partial charge >= 0.3 is 0 Å². The second kappa shape index (κ2) is 6.48. The summed E-state index contributed by atoms with van der Waals surface area (Å²) in [6.07, 6.45) is 3.34. The molecule has 120 valence electrons. The molecule has 7 heteroatoms. The van der Waals surface area contributed by atoms with Crippen molar-refractivity contribution in [3.05, 3.63) is 18.0 Å². The molecule has 2 N–H and O–H groups in total. The summed E-state index contributed by atoms with van der Waals surface area (Å²) < 4.78 is 34.2. The minimum Gasteiger partial charge on any atom is -0.381 e. The van der Waals surface area contributed by atoms with E-state index in [0.717, 1.165) is 18.5 Å². The van der Waals surface area contributed by atoms with Gasteiger partial charge in [-0.25, -0.2) is 8.42 Å². The van der Waals surface area contributed by atoms with Crippen LogP contribution in [0.3, 0.4) is 0 Å². The summed E-state index contributed by atoms with van der Waals surface area (Å²) in [6, 6.07) is 1.88. The first-order valence-electron chi connectivity index (χ1n) is 7.34. The topological polar surface area (TPSA) is 77.6 Å². The van der Waals surface area contributed by atoms with Gasteiger partial charge in [0.25, 0.3) is 0 Å². The largest absolute Gasteiger partial charge is 0.381 e. The lowest BCUT2D eigenvalue weighted by Gasteiger charge is -2.30. The SMILES string of the molecule is COC1CCN(S(=O)(=O)c2cc(CN)n(C(C)C)c2)CC1. The van der Waals surface area contributed by atoms with Crippen LogP contribution in [0.2, 0.25) is 0 Å². The molecule has 0 atom stereocenters. The lowest BCUT2D eigenvalue weighted by atomic mass is 10.1. The lowest BCUT2D eigenvalue weighted by Crippen LogP contribution is -2.40. The Labute approximate surface area is 126 Å². The molecular weight excluding hydrogens is 290 g/mol. The fraction of sp³-hybridized carbons (Fsp3) is 0.714. The van der Waals surface area contributed by atoms with Gasteiger partial charge in [0, 0.05) is 44.7 Å². The Bertz CT molecular complexity index is 572. The first-order valence-corrected chi connectivity index (χ1v) is 8.78. The van der Waals surface area contributed by atoms with Crippen molar-refractivity contribution in [2.75, 3.05) is 20.2 Å². The number of piperidine rings is 1. The highest BCUT2D eigenvalue weighted by molar-refractivity contribution is 7.89. The molecule has 1 fully saturated rings. The Morgan fingerprint density at radius 3 is 2.43 bits per heavy atom. The van der Waals surface area contributed by atoms with Crippen LogP contribution in [0.5, 0.6) is 0 Å². The summed E-state index contributed by atoms with van der Waals surface area (Å²) >= 11 is 0. The highest BCUT2D eigenvalue weighted by atomic mass is 32.2. The molecule has 0 radical (unpaired) electrons. The molecule has 0 saturated carbocycles. The smallest absolute Gasteiger partial charge is 0.244 e. The van der Waals surface area contributed by atoms with Gasteiger partial charge in [0.2, 0.25) is 10.0 Å². The van der Waals surface area contributed by atoms with Gasteiger partial charge in [0.1, 0.15) is 4.90 Å². The lowest BCUT2D eigenvalue weighted by molar-refractivity contribution is 0.0604. The molecule has 21 heavy (non-hydrogen) atoms. The van der Waals surface area contributed by atoms with Gasteiger partial charge in [0.15, 0.2) is 0 Å². The maximum atomic E-state index is 12.7. The molecule has 1 aliphatic rings. The summed E-state index contributed by atoms with van der Waals surface area (Å²) in [5, 5.41) is 0. The standard InChI is InChI=1S/C14H25N3O3S/c1-11(2)17-10-14(8-12(17)9-15)21(18,19)16-6-4-13(20-3)5-7-16/h8,10-11,13H,4-7,9,15H2,1-3H3. The van der Waals surface area contributed by atoms with Crippen molar-refractivity contribution < 1.29 is 13.2 Å². The van der Waals surface area contributed by atoms with E-state index in [1.807, 2.05) is 18.4 Å². The Morgan fingerprint density at radius 1 is 1.38 bits per heavy atom. The summed E-state index contributed by atoms with van der Waals surface area (Å²) in [5.41, 5.74) is 6.56. The highest BCUT2D eigenvalue weighted by Crippen LogP contribution is 2.25. The summed E-state index contributed by atoms with van der Waals surface area (Å²) in [6.45, 7) is 5.37. The molecule has 0 bridgehead atoms. The number of ether oxygens (including phenoxy) is 1. The zero-order valence-electron chi connectivity index (χ0n) is 12.9. The van der Waals surface area contributed by atoms with Crippen LogP contribution in [-0.2, 0) is 21.3 Å². The second-order valence-electron chi connectivity index (χ2n) is 5.71. The van der Waals surface area contributed by atoms with E-state index in [1.165, 1.54) is 0 Å². The Morgan fingerprint density at radius 2 is 2.00 bits per heavy atom. The van der Waals surface area contributed by atoms with E-state index >= 15 is 0 Å². The molecular formula is C14H25N3O3S. The minimum absolute atomic E-state index is 0.163. The zero-order valence-corrected chi connectivity index (χ0v) is 13.8. The van der Waals surface area contributed by atoms with Crippen LogP contribution in [0.4, 0.5) is 0 Å². The third-order valence-corrected chi connectivity index (χ3v) is 5.91. The molecule has 1 saturated heterocycles. The minimum atomic E-state index is -3.44. The van der Waals surface area contributed by atoms with Gasteiger partial charge in [0.05, 0.1) is 6.10 Å². The predicted molar refractivity (Wildman–Crippen MR) is 81.5 cm³/mol. The van der Waals surface area contributed by atoms with E-state index < -0.39 is 10.0 Å². The summed E-state index contributed by atoms with van der Waals surface area (Å²) in [4.78, 5) is 0.340. The number of hydrogen-bond acceptors (Lipinski definition) is 4. The van der Waals surface area contributed by atoms with Crippen molar-refractivity contribution in [2.45, 2.75) is 50.3 Å². The molecule has 1 aromatic rings. The monoisotopic (exact) mass is 315 g/mol. The number of sulfonamides is 1. The van der Waals surface area contributed by atoms with E-state index in [9.17, 15) is 8.42 Å². The normalized spacial score (nSPS) is 18.5. The number of aromatic nitrogens is 1. The van der Waals surface area contributed by atoms with Crippen molar-refractivity contribution in [3.8, 4) is 0 Å². The number of hydrogen-bond donors (Lipinski definition) is 1. The van der Waals surface area contributed by atoms with Crippen molar-refractivity contribution in [1.29, 1.82) is 0 Å². The second-order valence-corrected chi connectivity index (χ2v) is 7.65. The third-order valence-electron chi connectivity index (χ3n) is 4.04. The zero-order chi connectivity index (χ0) is 15.6. The highest BCUT2D eigenvalue weighted by Gasteiger charge is 2.30. The van der Waals surface area contributed by atoms with Crippen molar-refractivity contribution in [2.24, 2.45) is 5.73 Å². The van der Waals surface area contributed by atoms with Crippen LogP contribution in [0, 0.1) is 0 Å². The molecule has 0 amide bonds. The van der Waals surface area contributed by atoms with Crippen LogP contribution in [0.15, 0.2) is 17.2 Å². The van der Waals surface area contributed by atoms with Gasteiger partial charge in [-0.15, -0.1) is 0 Å². The quantitative estimate of drug-likeness (QED) is 0.889. The van der Waals surface area contributed by atoms with E-state index in [2.05, 4.69) is 0 Å². The average molecular weight is 315 g/mol. The van der Waals surface area contributed by atoms with Crippen LogP contribution in [0.25, 0.3) is 0 Å². The first-order chi connectivity index (χ1) is 9.90. The first kappa shape index (κ1) is 16.5. The summed E-state index contributed by atoms with van der Waals surface area (Å²) in [5.74, 6) is 0. The van der Waals surface area contributed by atoms with Crippen molar-refractivity contribution >= 4 is 10.0 Å². The molecule has 1 aromatic heterocycles. The molecule has 2 rings (SSSR count). The van der Waals surface area contributed by atoms with Crippen LogP contribution < -0.4 is 5.73 Å². The van der Waals surface area contributed by atoms with Crippen molar-refractivity contribution in [1.82, 2.24) is 8.87 Å². The van der Waals surface area contributed by atoms with E-state index in [0.29, 0.717) is 24.5 Å². The van der Waals surface area contributed by atoms with Crippen LogP contribution >= 0.6 is 0 Å². The maximum Gasteiger partial charge on any atom is 0.244 e. The molecule has 2 heterocycles. The molecule has 0 aromatic carbocycles. The molecule has 0 spiro atoms. The van der Waals surface area contributed by atoms with Gasteiger partial charge in [-0.05, 0) is 32.8 Å². The Kier molecular flexibility index (Phi) is 5.08.